The SMILES string of the molecule is Cc1cccc([C@H](C)NC(=O)C(N)CC(N)=O)c1. The molecule has 0 radical (unpaired) electrons. The Morgan fingerprint density at radius 1 is 1.39 bits per heavy atom. The van der Waals surface area contributed by atoms with Crippen LogP contribution in [0.4, 0.5) is 0 Å². The molecule has 0 aliphatic rings. The molecule has 5 N–H and O–H groups in total. The first-order valence-electron chi connectivity index (χ1n) is 5.81. The summed E-state index contributed by atoms with van der Waals surface area (Å²) < 4.78 is 0. The summed E-state index contributed by atoms with van der Waals surface area (Å²) in [7, 11) is 0. The minimum atomic E-state index is -0.894. The molecular formula is C13H19N3O2. The molecule has 5 nitrogen and oxygen atoms in total. The van der Waals surface area contributed by atoms with Gasteiger partial charge in [0.15, 0.2) is 0 Å². The van der Waals surface area contributed by atoms with E-state index in [1.54, 1.807) is 0 Å². The average Bonchev–Trinajstić information content (AvgIpc) is 2.27. The van der Waals surface area contributed by atoms with Gasteiger partial charge in [-0.15, -0.1) is 0 Å². The lowest BCUT2D eigenvalue weighted by atomic mass is 10.1. The number of nitrogens with two attached hydrogens (primary N) is 2. The van der Waals surface area contributed by atoms with E-state index in [1.807, 2.05) is 38.1 Å². The van der Waals surface area contributed by atoms with Crippen molar-refractivity contribution in [1.29, 1.82) is 0 Å². The summed E-state index contributed by atoms with van der Waals surface area (Å²) >= 11 is 0. The fraction of sp³-hybridized carbons (Fsp3) is 0.385. The van der Waals surface area contributed by atoms with Gasteiger partial charge < -0.3 is 16.8 Å². The summed E-state index contributed by atoms with van der Waals surface area (Å²) in [5, 5.41) is 2.76. The highest BCUT2D eigenvalue weighted by atomic mass is 16.2. The highest BCUT2D eigenvalue weighted by molar-refractivity contribution is 5.87. The molecule has 1 unspecified atom stereocenters. The molecule has 1 aromatic rings. The summed E-state index contributed by atoms with van der Waals surface area (Å²) in [6, 6.07) is 6.78. The third-order valence-corrected chi connectivity index (χ3v) is 2.66. The quantitative estimate of drug-likeness (QED) is 0.703. The van der Waals surface area contributed by atoms with E-state index in [1.165, 1.54) is 0 Å². The number of hydrogen-bond donors (Lipinski definition) is 3. The Kier molecular flexibility index (Phi) is 4.85. The third-order valence-electron chi connectivity index (χ3n) is 2.66. The predicted molar refractivity (Wildman–Crippen MR) is 69.5 cm³/mol. The minimum Gasteiger partial charge on any atom is -0.370 e. The molecule has 2 atom stereocenters. The molecule has 0 saturated heterocycles. The molecule has 2 amide bonds. The average molecular weight is 249 g/mol. The van der Waals surface area contributed by atoms with Crippen molar-refractivity contribution in [2.24, 2.45) is 11.5 Å². The number of carbonyl (C=O) groups excluding carboxylic acids is 2. The first-order chi connectivity index (χ1) is 8.40. The maximum absolute atomic E-state index is 11.7. The van der Waals surface area contributed by atoms with Gasteiger partial charge in [-0.05, 0) is 19.4 Å². The Bertz CT molecular complexity index is 446. The van der Waals surface area contributed by atoms with E-state index in [4.69, 9.17) is 11.5 Å². The second-order valence-corrected chi connectivity index (χ2v) is 4.42. The molecule has 1 aromatic carbocycles. The van der Waals surface area contributed by atoms with Crippen molar-refractivity contribution < 1.29 is 9.59 Å². The number of benzene rings is 1. The third kappa shape index (κ3) is 4.18. The molecule has 0 heterocycles. The topological polar surface area (TPSA) is 98.2 Å². The van der Waals surface area contributed by atoms with Crippen LogP contribution >= 0.6 is 0 Å². The van der Waals surface area contributed by atoms with Gasteiger partial charge >= 0.3 is 0 Å². The maximum Gasteiger partial charge on any atom is 0.237 e. The van der Waals surface area contributed by atoms with Crippen LogP contribution in [-0.2, 0) is 9.59 Å². The van der Waals surface area contributed by atoms with Crippen molar-refractivity contribution in [2.45, 2.75) is 32.4 Å². The molecule has 0 fully saturated rings. The van der Waals surface area contributed by atoms with Gasteiger partial charge in [0, 0.05) is 0 Å². The fourth-order valence-electron chi connectivity index (χ4n) is 1.65. The van der Waals surface area contributed by atoms with Crippen LogP contribution in [0, 0.1) is 6.92 Å². The summed E-state index contributed by atoms with van der Waals surface area (Å²) in [6.45, 7) is 3.85. The van der Waals surface area contributed by atoms with Crippen LogP contribution in [0.2, 0.25) is 0 Å². The highest BCUT2D eigenvalue weighted by Gasteiger charge is 2.18. The van der Waals surface area contributed by atoms with Gasteiger partial charge in [-0.3, -0.25) is 9.59 Å². The van der Waals surface area contributed by atoms with Crippen LogP contribution < -0.4 is 16.8 Å². The number of amides is 2. The molecule has 0 saturated carbocycles. The largest absolute Gasteiger partial charge is 0.370 e. The van der Waals surface area contributed by atoms with Gasteiger partial charge in [-0.1, -0.05) is 29.8 Å². The van der Waals surface area contributed by atoms with Gasteiger partial charge in [0.25, 0.3) is 0 Å². The molecular weight excluding hydrogens is 230 g/mol. The lowest BCUT2D eigenvalue weighted by Crippen LogP contribution is -2.43. The lowest BCUT2D eigenvalue weighted by molar-refractivity contribution is -0.126. The van der Waals surface area contributed by atoms with E-state index < -0.39 is 11.9 Å². The van der Waals surface area contributed by atoms with Crippen molar-refractivity contribution in [3.8, 4) is 0 Å². The molecule has 0 aromatic heterocycles. The monoisotopic (exact) mass is 249 g/mol. The van der Waals surface area contributed by atoms with Crippen LogP contribution in [0.15, 0.2) is 24.3 Å². The number of carbonyl (C=O) groups is 2. The number of hydrogen-bond acceptors (Lipinski definition) is 3. The van der Waals surface area contributed by atoms with E-state index in [0.717, 1.165) is 11.1 Å². The normalized spacial score (nSPS) is 13.7. The van der Waals surface area contributed by atoms with Crippen molar-refractivity contribution >= 4 is 11.8 Å². The van der Waals surface area contributed by atoms with Crippen LogP contribution in [-0.4, -0.2) is 17.9 Å². The standard InChI is InChI=1S/C13H19N3O2/c1-8-4-3-5-10(6-8)9(2)16-13(18)11(14)7-12(15)17/h3-6,9,11H,7,14H2,1-2H3,(H2,15,17)(H,16,18)/t9-,11?/m0/s1. The molecule has 0 aliphatic heterocycles. The second-order valence-electron chi connectivity index (χ2n) is 4.42. The van der Waals surface area contributed by atoms with Gasteiger partial charge in [-0.2, -0.15) is 0 Å². The first kappa shape index (κ1) is 14.2. The Morgan fingerprint density at radius 3 is 2.61 bits per heavy atom. The molecule has 0 aliphatic carbocycles. The molecule has 18 heavy (non-hydrogen) atoms. The number of rotatable bonds is 5. The van der Waals surface area contributed by atoms with Crippen LogP contribution in [0.5, 0.6) is 0 Å². The predicted octanol–water partition coefficient (Wildman–Crippen LogP) is 0.375. The summed E-state index contributed by atoms with van der Waals surface area (Å²) in [5.74, 6) is -0.955. The van der Waals surface area contributed by atoms with Crippen LogP contribution in [0.25, 0.3) is 0 Å². The van der Waals surface area contributed by atoms with Crippen LogP contribution in [0.1, 0.15) is 30.5 Å². The molecule has 1 rings (SSSR count). The zero-order valence-electron chi connectivity index (χ0n) is 10.6. The number of nitrogens with one attached hydrogen (secondary N) is 1. The summed E-state index contributed by atoms with van der Waals surface area (Å²) in [4.78, 5) is 22.4. The number of primary amides is 1. The van der Waals surface area contributed by atoms with Gasteiger partial charge in [0.1, 0.15) is 0 Å². The molecule has 0 spiro atoms. The Balaban J connectivity index is 2.62. The Labute approximate surface area is 107 Å². The Hall–Kier alpha value is -1.88. The first-order valence-corrected chi connectivity index (χ1v) is 5.81. The van der Waals surface area contributed by atoms with E-state index in [2.05, 4.69) is 5.32 Å². The molecule has 5 heteroatoms. The van der Waals surface area contributed by atoms with Gasteiger partial charge in [-0.25, -0.2) is 0 Å². The summed E-state index contributed by atoms with van der Waals surface area (Å²) in [6.07, 6.45) is -0.146. The Morgan fingerprint density at radius 2 is 2.06 bits per heavy atom. The van der Waals surface area contributed by atoms with Crippen molar-refractivity contribution in [3.05, 3.63) is 35.4 Å². The minimum absolute atomic E-state index is 0.146. The molecule has 0 bridgehead atoms. The highest BCUT2D eigenvalue weighted by Crippen LogP contribution is 2.13. The van der Waals surface area contributed by atoms with E-state index >= 15 is 0 Å². The van der Waals surface area contributed by atoms with Crippen molar-refractivity contribution in [2.75, 3.05) is 0 Å². The van der Waals surface area contributed by atoms with Gasteiger partial charge in [0.2, 0.25) is 11.8 Å². The lowest BCUT2D eigenvalue weighted by Gasteiger charge is -2.17. The zero-order chi connectivity index (χ0) is 13.7. The molecule has 98 valence electrons. The zero-order valence-corrected chi connectivity index (χ0v) is 10.6. The van der Waals surface area contributed by atoms with Crippen LogP contribution in [0.3, 0.4) is 0 Å². The maximum atomic E-state index is 11.7. The van der Waals surface area contributed by atoms with Crippen molar-refractivity contribution in [3.63, 3.8) is 0 Å². The summed E-state index contributed by atoms with van der Waals surface area (Å²) in [5.41, 5.74) is 12.7. The van der Waals surface area contributed by atoms with E-state index in [-0.39, 0.29) is 18.4 Å². The van der Waals surface area contributed by atoms with E-state index in [0.29, 0.717) is 0 Å². The van der Waals surface area contributed by atoms with E-state index in [9.17, 15) is 9.59 Å². The fourth-order valence-corrected chi connectivity index (χ4v) is 1.65. The number of aryl methyl sites for hydroxylation is 1. The van der Waals surface area contributed by atoms with Gasteiger partial charge in [0.05, 0.1) is 18.5 Å². The smallest absolute Gasteiger partial charge is 0.237 e. The van der Waals surface area contributed by atoms with Crippen molar-refractivity contribution in [1.82, 2.24) is 5.32 Å². The second kappa shape index (κ2) is 6.16.